The number of nitrogens with zero attached hydrogens (tertiary/aromatic N) is 2. The quantitative estimate of drug-likeness (QED) is 0.626. The SMILES string of the molecule is Cc1cccc2cc(-c3ccccn3)cnc12. The molecule has 0 aliphatic rings. The van der Waals surface area contributed by atoms with E-state index < -0.39 is 0 Å². The van der Waals surface area contributed by atoms with Crippen molar-refractivity contribution in [3.05, 3.63) is 60.4 Å². The summed E-state index contributed by atoms with van der Waals surface area (Å²) in [6.45, 7) is 2.08. The molecule has 0 unspecified atom stereocenters. The minimum absolute atomic E-state index is 0.961. The highest BCUT2D eigenvalue weighted by Crippen LogP contribution is 2.22. The maximum atomic E-state index is 4.52. The lowest BCUT2D eigenvalue weighted by Gasteiger charge is -2.04. The molecule has 2 heteroatoms. The first kappa shape index (κ1) is 9.97. The average Bonchev–Trinajstić information content (AvgIpc) is 2.40. The number of pyridine rings is 2. The minimum Gasteiger partial charge on any atom is -0.256 e. The van der Waals surface area contributed by atoms with Gasteiger partial charge in [-0.25, -0.2) is 0 Å². The van der Waals surface area contributed by atoms with Crippen LogP contribution in [0.1, 0.15) is 5.56 Å². The summed E-state index contributed by atoms with van der Waals surface area (Å²) < 4.78 is 0. The molecule has 0 N–H and O–H groups in total. The van der Waals surface area contributed by atoms with Gasteiger partial charge in [-0.15, -0.1) is 0 Å². The molecule has 2 heterocycles. The van der Waals surface area contributed by atoms with Gasteiger partial charge in [0.2, 0.25) is 0 Å². The summed E-state index contributed by atoms with van der Waals surface area (Å²) in [4.78, 5) is 8.86. The number of aryl methyl sites for hydroxylation is 1. The maximum absolute atomic E-state index is 4.52. The van der Waals surface area contributed by atoms with E-state index in [1.54, 1.807) is 6.20 Å². The fourth-order valence-corrected chi connectivity index (χ4v) is 1.99. The molecule has 0 saturated carbocycles. The molecule has 0 atom stereocenters. The topological polar surface area (TPSA) is 25.8 Å². The fraction of sp³-hybridized carbons (Fsp3) is 0.0667. The molecule has 0 saturated heterocycles. The first-order valence-corrected chi connectivity index (χ1v) is 5.61. The average molecular weight is 220 g/mol. The van der Waals surface area contributed by atoms with Crippen molar-refractivity contribution in [3.63, 3.8) is 0 Å². The van der Waals surface area contributed by atoms with E-state index in [0.717, 1.165) is 22.2 Å². The van der Waals surface area contributed by atoms with Gasteiger partial charge < -0.3 is 0 Å². The second kappa shape index (κ2) is 3.98. The van der Waals surface area contributed by atoms with Crippen LogP contribution in [0.25, 0.3) is 22.2 Å². The van der Waals surface area contributed by atoms with Crippen LogP contribution in [0.3, 0.4) is 0 Å². The fourth-order valence-electron chi connectivity index (χ4n) is 1.99. The van der Waals surface area contributed by atoms with Gasteiger partial charge in [-0.1, -0.05) is 24.3 Å². The molecule has 0 bridgehead atoms. The number of rotatable bonds is 1. The Labute approximate surface area is 100.0 Å². The first-order valence-electron chi connectivity index (χ1n) is 5.61. The van der Waals surface area contributed by atoms with Crippen molar-refractivity contribution in [2.75, 3.05) is 0 Å². The van der Waals surface area contributed by atoms with E-state index >= 15 is 0 Å². The molecular weight excluding hydrogens is 208 g/mol. The van der Waals surface area contributed by atoms with Crippen molar-refractivity contribution in [2.45, 2.75) is 6.92 Å². The third kappa shape index (κ3) is 1.78. The Morgan fingerprint density at radius 2 is 1.88 bits per heavy atom. The number of hydrogen-bond acceptors (Lipinski definition) is 2. The third-order valence-electron chi connectivity index (χ3n) is 2.87. The first-order chi connectivity index (χ1) is 8.34. The largest absolute Gasteiger partial charge is 0.256 e. The Kier molecular flexibility index (Phi) is 2.33. The zero-order valence-electron chi connectivity index (χ0n) is 9.59. The minimum atomic E-state index is 0.961. The van der Waals surface area contributed by atoms with Crippen LogP contribution in [0.5, 0.6) is 0 Å². The van der Waals surface area contributed by atoms with Gasteiger partial charge in [-0.2, -0.15) is 0 Å². The lowest BCUT2D eigenvalue weighted by Crippen LogP contribution is -1.87. The van der Waals surface area contributed by atoms with Gasteiger partial charge in [0.05, 0.1) is 11.2 Å². The molecule has 0 aliphatic heterocycles. The van der Waals surface area contributed by atoms with Crippen molar-refractivity contribution in [1.82, 2.24) is 9.97 Å². The maximum Gasteiger partial charge on any atom is 0.0731 e. The van der Waals surface area contributed by atoms with Crippen molar-refractivity contribution in [3.8, 4) is 11.3 Å². The Morgan fingerprint density at radius 3 is 2.71 bits per heavy atom. The van der Waals surface area contributed by atoms with Crippen molar-refractivity contribution in [1.29, 1.82) is 0 Å². The molecule has 3 aromatic rings. The highest BCUT2D eigenvalue weighted by molar-refractivity contribution is 5.85. The van der Waals surface area contributed by atoms with Gasteiger partial charge in [-0.05, 0) is 30.7 Å². The van der Waals surface area contributed by atoms with Crippen LogP contribution in [0.4, 0.5) is 0 Å². The molecule has 3 rings (SSSR count). The summed E-state index contributed by atoms with van der Waals surface area (Å²) in [7, 11) is 0. The summed E-state index contributed by atoms with van der Waals surface area (Å²) in [5.41, 5.74) is 4.29. The van der Waals surface area contributed by atoms with E-state index in [1.165, 1.54) is 5.56 Å². The van der Waals surface area contributed by atoms with Gasteiger partial charge in [0.25, 0.3) is 0 Å². The Hall–Kier alpha value is -2.22. The number of benzene rings is 1. The molecule has 2 nitrogen and oxygen atoms in total. The van der Waals surface area contributed by atoms with Crippen molar-refractivity contribution >= 4 is 10.9 Å². The number of hydrogen-bond donors (Lipinski definition) is 0. The summed E-state index contributed by atoms with van der Waals surface area (Å²) in [5, 5.41) is 1.16. The van der Waals surface area contributed by atoms with Crippen LogP contribution < -0.4 is 0 Å². The van der Waals surface area contributed by atoms with Gasteiger partial charge >= 0.3 is 0 Å². The van der Waals surface area contributed by atoms with Crippen LogP contribution in [-0.4, -0.2) is 9.97 Å². The molecule has 1 aromatic carbocycles. The highest BCUT2D eigenvalue weighted by atomic mass is 14.7. The molecule has 0 spiro atoms. The zero-order chi connectivity index (χ0) is 11.7. The van der Waals surface area contributed by atoms with Crippen LogP contribution in [-0.2, 0) is 0 Å². The van der Waals surface area contributed by atoms with Crippen LogP contribution >= 0.6 is 0 Å². The van der Waals surface area contributed by atoms with E-state index in [-0.39, 0.29) is 0 Å². The van der Waals surface area contributed by atoms with Crippen molar-refractivity contribution < 1.29 is 0 Å². The Bertz CT molecular complexity index is 660. The lowest BCUT2D eigenvalue weighted by atomic mass is 10.1. The molecule has 0 amide bonds. The molecular formula is C15H12N2. The number of para-hydroxylation sites is 1. The highest BCUT2D eigenvalue weighted by Gasteiger charge is 2.02. The van der Waals surface area contributed by atoms with Crippen LogP contribution in [0.2, 0.25) is 0 Å². The van der Waals surface area contributed by atoms with Gasteiger partial charge in [0, 0.05) is 23.3 Å². The second-order valence-corrected chi connectivity index (χ2v) is 4.09. The van der Waals surface area contributed by atoms with Gasteiger partial charge in [-0.3, -0.25) is 9.97 Å². The predicted octanol–water partition coefficient (Wildman–Crippen LogP) is 3.61. The number of fused-ring (bicyclic) bond motifs is 1. The Balaban J connectivity index is 2.21. The van der Waals surface area contributed by atoms with Crippen molar-refractivity contribution in [2.24, 2.45) is 0 Å². The standard InChI is InChI=1S/C15H12N2/c1-11-5-4-6-12-9-13(10-17-15(11)12)14-7-2-3-8-16-14/h2-10H,1H3. The van der Waals surface area contributed by atoms with E-state index in [0.29, 0.717) is 0 Å². The summed E-state index contributed by atoms with van der Waals surface area (Å²) in [5.74, 6) is 0. The smallest absolute Gasteiger partial charge is 0.0731 e. The van der Waals surface area contributed by atoms with Gasteiger partial charge in [0.1, 0.15) is 0 Å². The monoisotopic (exact) mass is 220 g/mol. The molecule has 17 heavy (non-hydrogen) atoms. The molecule has 0 aliphatic carbocycles. The van der Waals surface area contributed by atoms with E-state index in [4.69, 9.17) is 0 Å². The van der Waals surface area contributed by atoms with E-state index in [9.17, 15) is 0 Å². The third-order valence-corrected chi connectivity index (χ3v) is 2.87. The molecule has 2 aromatic heterocycles. The molecule has 82 valence electrons. The zero-order valence-corrected chi connectivity index (χ0v) is 9.59. The molecule has 0 radical (unpaired) electrons. The van der Waals surface area contributed by atoms with Crippen LogP contribution in [0.15, 0.2) is 54.9 Å². The Morgan fingerprint density at radius 1 is 0.941 bits per heavy atom. The normalized spacial score (nSPS) is 10.6. The summed E-state index contributed by atoms with van der Waals surface area (Å²) in [6.07, 6.45) is 3.69. The summed E-state index contributed by atoms with van der Waals surface area (Å²) in [6, 6.07) is 14.3. The van der Waals surface area contributed by atoms with Crippen LogP contribution in [0, 0.1) is 6.92 Å². The number of aromatic nitrogens is 2. The van der Waals surface area contributed by atoms with Gasteiger partial charge in [0.15, 0.2) is 0 Å². The molecule has 0 fully saturated rings. The predicted molar refractivity (Wildman–Crippen MR) is 69.7 cm³/mol. The lowest BCUT2D eigenvalue weighted by molar-refractivity contribution is 1.30. The second-order valence-electron chi connectivity index (χ2n) is 4.09. The van der Waals surface area contributed by atoms with E-state index in [1.807, 2.05) is 24.4 Å². The van der Waals surface area contributed by atoms with E-state index in [2.05, 4.69) is 41.2 Å². The summed E-state index contributed by atoms with van der Waals surface area (Å²) >= 11 is 0.